The molecule has 0 aliphatic rings. The number of nitro benzene ring substituents is 1. The minimum atomic E-state index is -0.423. The van der Waals surface area contributed by atoms with Gasteiger partial charge in [-0.05, 0) is 11.8 Å². The maximum Gasteiger partial charge on any atom is 0.273 e. The molecule has 82 valence electrons. The number of nitrogens with zero attached hydrogens (tertiary/aromatic N) is 1. The molecule has 0 atom stereocenters. The first-order valence-electron chi connectivity index (χ1n) is 4.69. The van der Waals surface area contributed by atoms with Crippen molar-refractivity contribution in [3.05, 3.63) is 34.4 Å². The molecule has 0 fully saturated rings. The number of rotatable bonds is 6. The van der Waals surface area contributed by atoms with E-state index in [2.05, 4.69) is 6.92 Å². The van der Waals surface area contributed by atoms with Gasteiger partial charge in [0.2, 0.25) is 0 Å². The molecule has 0 heterocycles. The molecule has 0 radical (unpaired) electrons. The van der Waals surface area contributed by atoms with Crippen molar-refractivity contribution in [3.8, 4) is 5.75 Å². The number of hydrogen-bond donors (Lipinski definition) is 0. The highest BCUT2D eigenvalue weighted by atomic mass is 32.2. The predicted octanol–water partition coefficient (Wildman–Crippen LogP) is 2.73. The van der Waals surface area contributed by atoms with Gasteiger partial charge in [0.05, 0.1) is 17.6 Å². The topological polar surface area (TPSA) is 52.4 Å². The molecule has 15 heavy (non-hydrogen) atoms. The molecule has 4 nitrogen and oxygen atoms in total. The van der Waals surface area contributed by atoms with Gasteiger partial charge in [-0.3, -0.25) is 10.1 Å². The summed E-state index contributed by atoms with van der Waals surface area (Å²) in [5, 5.41) is 10.5. The quantitative estimate of drug-likeness (QED) is 0.426. The highest BCUT2D eigenvalue weighted by molar-refractivity contribution is 7.99. The second-order valence-corrected chi connectivity index (χ2v) is 4.19. The van der Waals surface area contributed by atoms with Gasteiger partial charge < -0.3 is 4.74 Å². The molecule has 0 aliphatic carbocycles. The molecule has 0 bridgehead atoms. The third-order valence-corrected chi connectivity index (χ3v) is 2.59. The monoisotopic (exact) mass is 227 g/mol. The molecule has 0 saturated heterocycles. The van der Waals surface area contributed by atoms with Gasteiger partial charge in [-0.15, -0.1) is 0 Å². The summed E-state index contributed by atoms with van der Waals surface area (Å²) in [6.45, 7) is 2.66. The summed E-state index contributed by atoms with van der Waals surface area (Å²) in [5.74, 6) is 2.51. The van der Waals surface area contributed by atoms with Crippen LogP contribution in [0.15, 0.2) is 24.3 Å². The van der Waals surface area contributed by atoms with E-state index in [1.165, 1.54) is 12.1 Å². The molecule has 0 spiro atoms. The van der Waals surface area contributed by atoms with E-state index in [0.717, 1.165) is 11.5 Å². The minimum absolute atomic E-state index is 0.0654. The summed E-state index contributed by atoms with van der Waals surface area (Å²) in [7, 11) is 0. The van der Waals surface area contributed by atoms with Crippen molar-refractivity contribution in [3.63, 3.8) is 0 Å². The molecule has 0 amide bonds. The van der Waals surface area contributed by atoms with Crippen LogP contribution in [0.2, 0.25) is 0 Å². The fourth-order valence-corrected chi connectivity index (χ4v) is 1.54. The molecule has 0 N–H and O–H groups in total. The Morgan fingerprint density at radius 1 is 1.53 bits per heavy atom. The Kier molecular flexibility index (Phi) is 4.97. The molecule has 0 unspecified atom stereocenters. The lowest BCUT2D eigenvalue weighted by molar-refractivity contribution is -0.384. The third-order valence-electron chi connectivity index (χ3n) is 1.73. The zero-order chi connectivity index (χ0) is 11.1. The lowest BCUT2D eigenvalue weighted by Crippen LogP contribution is -2.00. The number of benzene rings is 1. The van der Waals surface area contributed by atoms with E-state index >= 15 is 0 Å². The molecule has 0 aliphatic heterocycles. The highest BCUT2D eigenvalue weighted by Gasteiger charge is 2.05. The van der Waals surface area contributed by atoms with E-state index in [0.29, 0.717) is 12.4 Å². The highest BCUT2D eigenvalue weighted by Crippen LogP contribution is 2.19. The number of thioether (sulfide) groups is 1. The van der Waals surface area contributed by atoms with E-state index in [9.17, 15) is 10.1 Å². The van der Waals surface area contributed by atoms with Crippen LogP contribution in [0.3, 0.4) is 0 Å². The summed E-state index contributed by atoms with van der Waals surface area (Å²) in [4.78, 5) is 10.1. The van der Waals surface area contributed by atoms with Gasteiger partial charge in [-0.25, -0.2) is 0 Å². The number of nitro groups is 1. The van der Waals surface area contributed by atoms with E-state index < -0.39 is 4.92 Å². The lowest BCUT2D eigenvalue weighted by atomic mass is 10.3. The van der Waals surface area contributed by atoms with Crippen LogP contribution in [-0.2, 0) is 0 Å². The molecule has 5 heteroatoms. The average molecular weight is 227 g/mol. The smallest absolute Gasteiger partial charge is 0.273 e. The Labute approximate surface area is 92.8 Å². The average Bonchev–Trinajstić information content (AvgIpc) is 2.25. The van der Waals surface area contributed by atoms with E-state index in [4.69, 9.17) is 4.74 Å². The molecular formula is C10H13NO3S. The second-order valence-electron chi connectivity index (χ2n) is 2.80. The third kappa shape index (κ3) is 4.20. The van der Waals surface area contributed by atoms with Crippen LogP contribution < -0.4 is 4.74 Å². The van der Waals surface area contributed by atoms with Crippen molar-refractivity contribution in [1.29, 1.82) is 0 Å². The maximum atomic E-state index is 10.5. The standard InChI is InChI=1S/C10H13NO3S/c1-2-15-7-6-14-10-5-3-4-9(8-10)11(12)13/h3-5,8H,2,6-7H2,1H3. The molecule has 0 saturated carbocycles. The zero-order valence-electron chi connectivity index (χ0n) is 8.51. The summed E-state index contributed by atoms with van der Waals surface area (Å²) >= 11 is 1.78. The molecule has 1 aromatic carbocycles. The van der Waals surface area contributed by atoms with E-state index in [1.54, 1.807) is 23.9 Å². The van der Waals surface area contributed by atoms with Crippen molar-refractivity contribution in [1.82, 2.24) is 0 Å². The lowest BCUT2D eigenvalue weighted by Gasteiger charge is -2.04. The van der Waals surface area contributed by atoms with Crippen molar-refractivity contribution in [2.24, 2.45) is 0 Å². The van der Waals surface area contributed by atoms with Crippen molar-refractivity contribution < 1.29 is 9.66 Å². The predicted molar refractivity (Wildman–Crippen MR) is 61.6 cm³/mol. The maximum absolute atomic E-state index is 10.5. The van der Waals surface area contributed by atoms with Gasteiger partial charge in [-0.2, -0.15) is 11.8 Å². The van der Waals surface area contributed by atoms with Crippen molar-refractivity contribution in [2.75, 3.05) is 18.1 Å². The van der Waals surface area contributed by atoms with Crippen LogP contribution in [0.25, 0.3) is 0 Å². The van der Waals surface area contributed by atoms with E-state index in [-0.39, 0.29) is 5.69 Å². The zero-order valence-corrected chi connectivity index (χ0v) is 9.33. The van der Waals surface area contributed by atoms with Gasteiger partial charge in [0.1, 0.15) is 5.75 Å². The Morgan fingerprint density at radius 3 is 3.00 bits per heavy atom. The van der Waals surface area contributed by atoms with Crippen molar-refractivity contribution >= 4 is 17.4 Å². The SMILES string of the molecule is CCSCCOc1cccc([N+](=O)[O-])c1. The van der Waals surface area contributed by atoms with Crippen molar-refractivity contribution in [2.45, 2.75) is 6.92 Å². The molecule has 1 aromatic rings. The summed E-state index contributed by atoms with van der Waals surface area (Å²) < 4.78 is 5.37. The Morgan fingerprint density at radius 2 is 2.33 bits per heavy atom. The molecule has 1 rings (SSSR count). The first-order valence-corrected chi connectivity index (χ1v) is 5.84. The normalized spacial score (nSPS) is 9.93. The van der Waals surface area contributed by atoms with Crippen LogP contribution in [0.1, 0.15) is 6.92 Å². The number of ether oxygens (including phenoxy) is 1. The Balaban J connectivity index is 2.47. The first-order chi connectivity index (χ1) is 7.24. The Hall–Kier alpha value is -1.23. The molecular weight excluding hydrogens is 214 g/mol. The fourth-order valence-electron chi connectivity index (χ4n) is 1.05. The number of non-ortho nitro benzene ring substituents is 1. The van der Waals surface area contributed by atoms with Gasteiger partial charge >= 0.3 is 0 Å². The number of hydrogen-bond acceptors (Lipinski definition) is 4. The van der Waals surface area contributed by atoms with Gasteiger partial charge in [-0.1, -0.05) is 13.0 Å². The minimum Gasteiger partial charge on any atom is -0.492 e. The fraction of sp³-hybridized carbons (Fsp3) is 0.400. The van der Waals surface area contributed by atoms with Gasteiger partial charge in [0.15, 0.2) is 0 Å². The van der Waals surface area contributed by atoms with Crippen LogP contribution >= 0.6 is 11.8 Å². The summed E-state index contributed by atoms with van der Waals surface area (Å²) in [6.07, 6.45) is 0. The first kappa shape index (κ1) is 11.8. The summed E-state index contributed by atoms with van der Waals surface area (Å²) in [6, 6.07) is 6.24. The summed E-state index contributed by atoms with van der Waals surface area (Å²) in [5.41, 5.74) is 0.0654. The van der Waals surface area contributed by atoms with Crippen LogP contribution in [0, 0.1) is 10.1 Å². The van der Waals surface area contributed by atoms with Crippen LogP contribution in [0.4, 0.5) is 5.69 Å². The van der Waals surface area contributed by atoms with Crippen LogP contribution in [0.5, 0.6) is 5.75 Å². The largest absolute Gasteiger partial charge is 0.492 e. The molecule has 0 aromatic heterocycles. The second kappa shape index (κ2) is 6.29. The van der Waals surface area contributed by atoms with Crippen LogP contribution in [-0.4, -0.2) is 23.0 Å². The Bertz CT molecular complexity index is 330. The van der Waals surface area contributed by atoms with E-state index in [1.807, 2.05) is 0 Å². The van der Waals surface area contributed by atoms with Gasteiger partial charge in [0, 0.05) is 11.8 Å². The van der Waals surface area contributed by atoms with Gasteiger partial charge in [0.25, 0.3) is 5.69 Å².